The zero-order valence-electron chi connectivity index (χ0n) is 13.8. The Morgan fingerprint density at radius 2 is 1.73 bits per heavy atom. The summed E-state index contributed by atoms with van der Waals surface area (Å²) in [6.45, 7) is 7.72. The lowest BCUT2D eigenvalue weighted by Crippen LogP contribution is -2.15. The second-order valence-corrected chi connectivity index (χ2v) is 5.70. The van der Waals surface area contributed by atoms with Crippen LogP contribution in [0.4, 0.5) is 0 Å². The van der Waals surface area contributed by atoms with Gasteiger partial charge in [0.2, 0.25) is 0 Å². The van der Waals surface area contributed by atoms with E-state index in [2.05, 4.69) is 42.6 Å². The van der Waals surface area contributed by atoms with Gasteiger partial charge in [0.05, 0.1) is 13.2 Å². The summed E-state index contributed by atoms with van der Waals surface area (Å²) in [6.07, 6.45) is 0.118. The molecule has 2 rings (SSSR count). The summed E-state index contributed by atoms with van der Waals surface area (Å²) in [5.41, 5.74) is 3.67. The van der Waals surface area contributed by atoms with Crippen LogP contribution in [0, 0.1) is 6.92 Å². The maximum Gasteiger partial charge on any atom is 0.166 e. The zero-order valence-corrected chi connectivity index (χ0v) is 13.8. The van der Waals surface area contributed by atoms with Crippen LogP contribution in [-0.4, -0.2) is 13.2 Å². The molecule has 2 aromatic rings. The van der Waals surface area contributed by atoms with E-state index in [1.807, 2.05) is 26.0 Å². The molecule has 0 bridgehead atoms. The van der Waals surface area contributed by atoms with Gasteiger partial charge < -0.3 is 14.8 Å². The van der Waals surface area contributed by atoms with Crippen LogP contribution in [0.1, 0.15) is 30.5 Å². The van der Waals surface area contributed by atoms with Crippen molar-refractivity contribution in [1.29, 1.82) is 0 Å². The summed E-state index contributed by atoms with van der Waals surface area (Å²) in [5, 5.41) is 3.47. The third-order valence-electron chi connectivity index (χ3n) is 3.40. The molecule has 3 heteroatoms. The van der Waals surface area contributed by atoms with Crippen molar-refractivity contribution in [3.8, 4) is 11.5 Å². The Balaban J connectivity index is 2.03. The van der Waals surface area contributed by atoms with E-state index >= 15 is 0 Å². The average Bonchev–Trinajstić information content (AvgIpc) is 2.50. The van der Waals surface area contributed by atoms with Crippen LogP contribution in [0.25, 0.3) is 0 Å². The van der Waals surface area contributed by atoms with Crippen molar-refractivity contribution in [2.45, 2.75) is 40.0 Å². The highest BCUT2D eigenvalue weighted by Crippen LogP contribution is 2.31. The molecule has 0 aromatic heterocycles. The molecule has 0 aliphatic rings. The summed E-state index contributed by atoms with van der Waals surface area (Å²) in [7, 11) is 1.67. The van der Waals surface area contributed by atoms with Crippen LogP contribution >= 0.6 is 0 Å². The van der Waals surface area contributed by atoms with E-state index in [4.69, 9.17) is 9.47 Å². The van der Waals surface area contributed by atoms with Crippen LogP contribution in [0.15, 0.2) is 42.5 Å². The molecule has 0 saturated carbocycles. The van der Waals surface area contributed by atoms with E-state index in [9.17, 15) is 0 Å². The molecule has 118 valence electrons. The molecule has 3 nitrogen and oxygen atoms in total. The Morgan fingerprint density at radius 1 is 1.00 bits per heavy atom. The summed E-state index contributed by atoms with van der Waals surface area (Å²) < 4.78 is 11.3. The maximum absolute atomic E-state index is 5.92. The van der Waals surface area contributed by atoms with Gasteiger partial charge in [-0.3, -0.25) is 0 Å². The van der Waals surface area contributed by atoms with Gasteiger partial charge in [0.15, 0.2) is 11.5 Å². The fraction of sp³-hybridized carbons (Fsp3) is 0.368. The quantitative estimate of drug-likeness (QED) is 0.835. The summed E-state index contributed by atoms with van der Waals surface area (Å²) >= 11 is 0. The molecular weight excluding hydrogens is 274 g/mol. The highest BCUT2D eigenvalue weighted by Gasteiger charge is 2.11. The van der Waals surface area contributed by atoms with E-state index in [-0.39, 0.29) is 6.10 Å². The van der Waals surface area contributed by atoms with Crippen LogP contribution in [0.2, 0.25) is 0 Å². The molecule has 0 aliphatic heterocycles. The Labute approximate surface area is 133 Å². The van der Waals surface area contributed by atoms with Gasteiger partial charge in [-0.1, -0.05) is 42.0 Å². The Morgan fingerprint density at radius 3 is 2.36 bits per heavy atom. The molecule has 0 amide bonds. The minimum atomic E-state index is 0.118. The van der Waals surface area contributed by atoms with Crippen LogP contribution in [0.3, 0.4) is 0 Å². The highest BCUT2D eigenvalue weighted by molar-refractivity contribution is 5.46. The Kier molecular flexibility index (Phi) is 5.84. The molecule has 0 fully saturated rings. The molecule has 0 heterocycles. The van der Waals surface area contributed by atoms with Gasteiger partial charge in [0.25, 0.3) is 0 Å². The van der Waals surface area contributed by atoms with Crippen LogP contribution in [-0.2, 0) is 13.1 Å². The first kappa shape index (κ1) is 16.4. The third kappa shape index (κ3) is 4.50. The van der Waals surface area contributed by atoms with Crippen molar-refractivity contribution in [2.24, 2.45) is 0 Å². The van der Waals surface area contributed by atoms with Crippen molar-refractivity contribution in [3.63, 3.8) is 0 Å². The molecule has 0 aliphatic carbocycles. The van der Waals surface area contributed by atoms with Crippen molar-refractivity contribution in [1.82, 2.24) is 5.32 Å². The average molecular weight is 299 g/mol. The minimum absolute atomic E-state index is 0.118. The number of nitrogens with one attached hydrogen (secondary N) is 1. The predicted octanol–water partition coefficient (Wildman–Crippen LogP) is 4.08. The number of rotatable bonds is 7. The molecule has 0 spiro atoms. The van der Waals surface area contributed by atoms with E-state index < -0.39 is 0 Å². The number of para-hydroxylation sites is 1. The smallest absolute Gasteiger partial charge is 0.166 e. The van der Waals surface area contributed by atoms with Gasteiger partial charge in [0, 0.05) is 18.7 Å². The number of aryl methyl sites for hydroxylation is 1. The minimum Gasteiger partial charge on any atom is -0.493 e. The molecule has 0 saturated heterocycles. The second kappa shape index (κ2) is 7.85. The number of methoxy groups -OCH3 is 1. The monoisotopic (exact) mass is 299 g/mol. The van der Waals surface area contributed by atoms with Crippen molar-refractivity contribution in [2.75, 3.05) is 7.11 Å². The van der Waals surface area contributed by atoms with Gasteiger partial charge >= 0.3 is 0 Å². The SMILES string of the molecule is COc1cccc(CNCc2ccc(C)cc2)c1OC(C)C. The molecule has 2 aromatic carbocycles. The third-order valence-corrected chi connectivity index (χ3v) is 3.40. The van der Waals surface area contributed by atoms with Gasteiger partial charge in [-0.2, -0.15) is 0 Å². The van der Waals surface area contributed by atoms with E-state index in [0.717, 1.165) is 30.2 Å². The van der Waals surface area contributed by atoms with Crippen molar-refractivity contribution >= 4 is 0 Å². The maximum atomic E-state index is 5.92. The first-order valence-corrected chi connectivity index (χ1v) is 7.69. The normalized spacial score (nSPS) is 10.8. The molecular formula is C19H25NO2. The zero-order chi connectivity index (χ0) is 15.9. The van der Waals surface area contributed by atoms with Gasteiger partial charge in [-0.05, 0) is 32.4 Å². The fourth-order valence-corrected chi connectivity index (χ4v) is 2.28. The van der Waals surface area contributed by atoms with E-state index in [0.29, 0.717) is 0 Å². The number of benzene rings is 2. The largest absolute Gasteiger partial charge is 0.493 e. The molecule has 22 heavy (non-hydrogen) atoms. The molecule has 0 atom stereocenters. The van der Waals surface area contributed by atoms with Crippen LogP contribution in [0.5, 0.6) is 11.5 Å². The Bertz CT molecular complexity index is 591. The molecule has 0 unspecified atom stereocenters. The molecule has 0 radical (unpaired) electrons. The fourth-order valence-electron chi connectivity index (χ4n) is 2.28. The number of hydrogen-bond acceptors (Lipinski definition) is 3. The van der Waals surface area contributed by atoms with Gasteiger partial charge in [-0.15, -0.1) is 0 Å². The lowest BCUT2D eigenvalue weighted by atomic mass is 10.1. The summed E-state index contributed by atoms with van der Waals surface area (Å²) in [4.78, 5) is 0. The summed E-state index contributed by atoms with van der Waals surface area (Å²) in [5.74, 6) is 1.61. The molecule has 1 N–H and O–H groups in total. The van der Waals surface area contributed by atoms with E-state index in [1.54, 1.807) is 7.11 Å². The number of ether oxygens (including phenoxy) is 2. The number of hydrogen-bond donors (Lipinski definition) is 1. The van der Waals surface area contributed by atoms with Crippen molar-refractivity contribution in [3.05, 3.63) is 59.2 Å². The summed E-state index contributed by atoms with van der Waals surface area (Å²) in [6, 6.07) is 14.6. The standard InChI is InChI=1S/C19H25NO2/c1-14(2)22-19-17(6-5-7-18(19)21-4)13-20-12-16-10-8-15(3)9-11-16/h5-11,14,20H,12-13H2,1-4H3. The first-order chi connectivity index (χ1) is 10.6. The van der Waals surface area contributed by atoms with E-state index in [1.165, 1.54) is 11.1 Å². The predicted molar refractivity (Wildman–Crippen MR) is 90.5 cm³/mol. The first-order valence-electron chi connectivity index (χ1n) is 7.69. The van der Waals surface area contributed by atoms with Crippen LogP contribution < -0.4 is 14.8 Å². The van der Waals surface area contributed by atoms with Gasteiger partial charge in [0.1, 0.15) is 0 Å². The second-order valence-electron chi connectivity index (χ2n) is 5.70. The lowest BCUT2D eigenvalue weighted by Gasteiger charge is -2.17. The topological polar surface area (TPSA) is 30.5 Å². The lowest BCUT2D eigenvalue weighted by molar-refractivity contribution is 0.227. The van der Waals surface area contributed by atoms with Crippen molar-refractivity contribution < 1.29 is 9.47 Å². The highest BCUT2D eigenvalue weighted by atomic mass is 16.5. The van der Waals surface area contributed by atoms with Gasteiger partial charge in [-0.25, -0.2) is 0 Å². The Hall–Kier alpha value is -2.00.